The Kier molecular flexibility index (Phi) is 3.81. The summed E-state index contributed by atoms with van der Waals surface area (Å²) in [6.45, 7) is 0. The molecule has 0 aliphatic heterocycles. The van der Waals surface area contributed by atoms with Crippen molar-refractivity contribution in [2.75, 3.05) is 21.3 Å². The van der Waals surface area contributed by atoms with Crippen LogP contribution in [0.15, 0.2) is 34.7 Å². The van der Waals surface area contributed by atoms with E-state index in [4.69, 9.17) is 30.2 Å². The lowest BCUT2D eigenvalue weighted by atomic mass is 10.1. The third kappa shape index (κ3) is 2.33. The molecule has 0 spiro atoms. The minimum atomic E-state index is 0.426. The van der Waals surface area contributed by atoms with Gasteiger partial charge in [0.2, 0.25) is 11.6 Å². The highest BCUT2D eigenvalue weighted by atomic mass is 35.5. The fraction of sp³-hybridized carbons (Fsp3) is 0.188. The van der Waals surface area contributed by atoms with Crippen molar-refractivity contribution in [3.63, 3.8) is 0 Å². The zero-order valence-electron chi connectivity index (χ0n) is 12.3. The predicted octanol–water partition coefficient (Wildman–Crippen LogP) is 4.17. The van der Waals surface area contributed by atoms with Gasteiger partial charge in [0.1, 0.15) is 5.52 Å². The highest BCUT2D eigenvalue weighted by Gasteiger charge is 2.20. The summed E-state index contributed by atoms with van der Waals surface area (Å²) in [6.07, 6.45) is 0. The van der Waals surface area contributed by atoms with E-state index >= 15 is 0 Å². The molecule has 1 aromatic heterocycles. The molecule has 0 aliphatic carbocycles. The minimum absolute atomic E-state index is 0.426. The Morgan fingerprint density at radius 1 is 0.955 bits per heavy atom. The first kappa shape index (κ1) is 14.5. The lowest BCUT2D eigenvalue weighted by Crippen LogP contribution is -1.96. The fourth-order valence-electron chi connectivity index (χ4n) is 2.28. The second-order valence-corrected chi connectivity index (χ2v) is 4.95. The molecule has 0 amide bonds. The summed E-state index contributed by atoms with van der Waals surface area (Å²) in [6, 6.07) is 8.88. The number of methoxy groups -OCH3 is 3. The third-order valence-electron chi connectivity index (χ3n) is 3.29. The van der Waals surface area contributed by atoms with Gasteiger partial charge in [-0.1, -0.05) is 11.6 Å². The van der Waals surface area contributed by atoms with Gasteiger partial charge in [0.15, 0.2) is 17.1 Å². The normalized spacial score (nSPS) is 10.7. The predicted molar refractivity (Wildman–Crippen MR) is 84.1 cm³/mol. The molecule has 0 radical (unpaired) electrons. The number of fused-ring (bicyclic) bond motifs is 1. The van der Waals surface area contributed by atoms with E-state index in [2.05, 4.69) is 4.98 Å². The maximum atomic E-state index is 5.97. The summed E-state index contributed by atoms with van der Waals surface area (Å²) in [5.74, 6) is 1.99. The summed E-state index contributed by atoms with van der Waals surface area (Å²) in [7, 11) is 4.68. The van der Waals surface area contributed by atoms with Gasteiger partial charge in [-0.3, -0.25) is 0 Å². The van der Waals surface area contributed by atoms with Gasteiger partial charge in [-0.25, -0.2) is 4.98 Å². The summed E-state index contributed by atoms with van der Waals surface area (Å²) in [5.41, 5.74) is 2.00. The summed E-state index contributed by atoms with van der Waals surface area (Å²) >= 11 is 5.97. The van der Waals surface area contributed by atoms with Crippen LogP contribution in [0.1, 0.15) is 0 Å². The molecule has 3 aromatic rings. The van der Waals surface area contributed by atoms with Crippen molar-refractivity contribution in [1.29, 1.82) is 0 Å². The molecule has 5 nitrogen and oxygen atoms in total. The number of halogens is 1. The Bertz CT molecular complexity index is 828. The van der Waals surface area contributed by atoms with Crippen LogP contribution >= 0.6 is 11.6 Å². The standard InChI is InChI=1S/C16H14ClNO4/c1-19-12-7-5-10(14(20-2)15(12)21-3)16-18-11-6-4-9(17)8-13(11)22-16/h4-8H,1-3H3. The highest BCUT2D eigenvalue weighted by Crippen LogP contribution is 2.44. The van der Waals surface area contributed by atoms with Crippen molar-refractivity contribution < 1.29 is 18.6 Å². The Morgan fingerprint density at radius 2 is 1.73 bits per heavy atom. The van der Waals surface area contributed by atoms with Crippen molar-refractivity contribution >= 4 is 22.7 Å². The maximum Gasteiger partial charge on any atom is 0.231 e. The van der Waals surface area contributed by atoms with Crippen molar-refractivity contribution in [3.8, 4) is 28.7 Å². The van der Waals surface area contributed by atoms with Gasteiger partial charge in [0.25, 0.3) is 0 Å². The van der Waals surface area contributed by atoms with E-state index in [1.54, 1.807) is 45.6 Å². The van der Waals surface area contributed by atoms with Gasteiger partial charge in [0.05, 0.1) is 26.9 Å². The second-order valence-electron chi connectivity index (χ2n) is 4.51. The van der Waals surface area contributed by atoms with Crippen LogP contribution in [0.5, 0.6) is 17.2 Å². The second kappa shape index (κ2) is 5.77. The number of ether oxygens (including phenoxy) is 3. The number of rotatable bonds is 4. The topological polar surface area (TPSA) is 53.7 Å². The van der Waals surface area contributed by atoms with E-state index in [-0.39, 0.29) is 0 Å². The molecular formula is C16H14ClNO4. The van der Waals surface area contributed by atoms with E-state index in [0.717, 1.165) is 5.52 Å². The van der Waals surface area contributed by atoms with Crippen LogP contribution < -0.4 is 14.2 Å². The lowest BCUT2D eigenvalue weighted by molar-refractivity contribution is 0.324. The van der Waals surface area contributed by atoms with Gasteiger partial charge in [-0.2, -0.15) is 0 Å². The van der Waals surface area contributed by atoms with Gasteiger partial charge in [0, 0.05) is 11.1 Å². The molecular weight excluding hydrogens is 306 g/mol. The van der Waals surface area contributed by atoms with Crippen LogP contribution in [0.2, 0.25) is 5.02 Å². The molecule has 0 atom stereocenters. The zero-order valence-corrected chi connectivity index (χ0v) is 13.1. The monoisotopic (exact) mass is 319 g/mol. The molecule has 114 valence electrons. The molecule has 22 heavy (non-hydrogen) atoms. The van der Waals surface area contributed by atoms with Crippen molar-refractivity contribution in [1.82, 2.24) is 4.98 Å². The quantitative estimate of drug-likeness (QED) is 0.722. The molecule has 0 N–H and O–H groups in total. The highest BCUT2D eigenvalue weighted by molar-refractivity contribution is 6.31. The summed E-state index contributed by atoms with van der Waals surface area (Å²) < 4.78 is 21.9. The Morgan fingerprint density at radius 3 is 2.41 bits per heavy atom. The van der Waals surface area contributed by atoms with E-state index in [1.165, 1.54) is 0 Å². The maximum absolute atomic E-state index is 5.97. The van der Waals surface area contributed by atoms with Crippen molar-refractivity contribution in [2.45, 2.75) is 0 Å². The van der Waals surface area contributed by atoms with Gasteiger partial charge < -0.3 is 18.6 Å². The fourth-order valence-corrected chi connectivity index (χ4v) is 2.45. The number of oxazole rings is 1. The molecule has 0 aliphatic rings. The molecule has 0 bridgehead atoms. The minimum Gasteiger partial charge on any atom is -0.493 e. The van der Waals surface area contributed by atoms with Crippen LogP contribution in [0.25, 0.3) is 22.6 Å². The zero-order chi connectivity index (χ0) is 15.7. The summed E-state index contributed by atoms with van der Waals surface area (Å²) in [5, 5.41) is 0.592. The average Bonchev–Trinajstić information content (AvgIpc) is 2.95. The molecule has 0 saturated heterocycles. The first-order chi connectivity index (χ1) is 10.7. The number of hydrogen-bond acceptors (Lipinski definition) is 5. The summed E-state index contributed by atoms with van der Waals surface area (Å²) in [4.78, 5) is 4.46. The van der Waals surface area contributed by atoms with E-state index < -0.39 is 0 Å². The largest absolute Gasteiger partial charge is 0.493 e. The molecule has 6 heteroatoms. The van der Waals surface area contributed by atoms with Crippen LogP contribution in [0, 0.1) is 0 Å². The number of hydrogen-bond donors (Lipinski definition) is 0. The molecule has 1 heterocycles. The van der Waals surface area contributed by atoms with Gasteiger partial charge in [-0.05, 0) is 24.3 Å². The van der Waals surface area contributed by atoms with Crippen LogP contribution in [-0.4, -0.2) is 26.3 Å². The van der Waals surface area contributed by atoms with Crippen molar-refractivity contribution in [3.05, 3.63) is 35.4 Å². The average molecular weight is 320 g/mol. The third-order valence-corrected chi connectivity index (χ3v) is 3.52. The van der Waals surface area contributed by atoms with E-state index in [9.17, 15) is 0 Å². The van der Waals surface area contributed by atoms with Crippen LogP contribution in [0.3, 0.4) is 0 Å². The van der Waals surface area contributed by atoms with Crippen LogP contribution in [0.4, 0.5) is 0 Å². The molecule has 0 saturated carbocycles. The Labute approximate surface area is 132 Å². The van der Waals surface area contributed by atoms with Gasteiger partial charge in [-0.15, -0.1) is 0 Å². The van der Waals surface area contributed by atoms with Crippen molar-refractivity contribution in [2.24, 2.45) is 0 Å². The van der Waals surface area contributed by atoms with Gasteiger partial charge >= 0.3 is 0 Å². The van der Waals surface area contributed by atoms with E-state index in [0.29, 0.717) is 39.3 Å². The molecule has 0 unspecified atom stereocenters. The van der Waals surface area contributed by atoms with Crippen LogP contribution in [-0.2, 0) is 0 Å². The Hall–Kier alpha value is -2.40. The Balaban J connectivity index is 2.21. The lowest BCUT2D eigenvalue weighted by Gasteiger charge is -2.13. The van der Waals surface area contributed by atoms with E-state index in [1.807, 2.05) is 6.07 Å². The number of aromatic nitrogens is 1. The molecule has 3 rings (SSSR count). The molecule has 2 aromatic carbocycles. The number of nitrogens with zero attached hydrogens (tertiary/aromatic N) is 1. The first-order valence-corrected chi connectivity index (χ1v) is 6.91. The molecule has 0 fully saturated rings. The number of benzene rings is 2. The SMILES string of the molecule is COc1ccc(-c2nc3ccc(Cl)cc3o2)c(OC)c1OC. The smallest absolute Gasteiger partial charge is 0.231 e. The first-order valence-electron chi connectivity index (χ1n) is 6.53.